The van der Waals surface area contributed by atoms with Crippen LogP contribution in [0.15, 0.2) is 77.4 Å². The molecule has 2 aromatic carbocycles. The third-order valence-electron chi connectivity index (χ3n) is 4.45. The number of hydrogen-bond acceptors (Lipinski definition) is 1. The number of rotatable bonds is 6. The summed E-state index contributed by atoms with van der Waals surface area (Å²) >= 11 is 3.48. The van der Waals surface area contributed by atoms with E-state index in [9.17, 15) is 4.79 Å². The van der Waals surface area contributed by atoms with Crippen LogP contribution >= 0.6 is 15.9 Å². The van der Waals surface area contributed by atoms with Gasteiger partial charge in [-0.25, -0.2) is 4.79 Å². The van der Waals surface area contributed by atoms with Gasteiger partial charge in [0.15, 0.2) is 0 Å². The predicted molar refractivity (Wildman–Crippen MR) is 114 cm³/mol. The van der Waals surface area contributed by atoms with Crippen molar-refractivity contribution in [1.82, 2.24) is 9.47 Å². The first-order chi connectivity index (χ1) is 13.0. The minimum atomic E-state index is -0.107. The monoisotopic (exact) mass is 425 g/mol. The Hall–Kier alpha value is -2.53. The maximum absolute atomic E-state index is 12.9. The fourth-order valence-corrected chi connectivity index (χ4v) is 3.32. The highest BCUT2D eigenvalue weighted by Gasteiger charge is 2.19. The maximum atomic E-state index is 12.9. The summed E-state index contributed by atoms with van der Waals surface area (Å²) in [7, 11) is 0. The average Bonchev–Trinajstić information content (AvgIpc) is 3.09. The Balaban J connectivity index is 1.74. The van der Waals surface area contributed by atoms with Crippen molar-refractivity contribution in [1.29, 1.82) is 0 Å². The molecule has 0 saturated heterocycles. The van der Waals surface area contributed by atoms with E-state index in [4.69, 9.17) is 0 Å². The van der Waals surface area contributed by atoms with Crippen LogP contribution in [0.4, 0.5) is 10.5 Å². The number of urea groups is 1. The number of nitrogens with one attached hydrogen (secondary N) is 1. The second kappa shape index (κ2) is 8.91. The summed E-state index contributed by atoms with van der Waals surface area (Å²) in [6.07, 6.45) is 2.06. The van der Waals surface area contributed by atoms with E-state index in [0.29, 0.717) is 6.54 Å². The van der Waals surface area contributed by atoms with Crippen LogP contribution in [0.1, 0.15) is 25.1 Å². The smallest absolute Gasteiger partial charge is 0.322 e. The van der Waals surface area contributed by atoms with Crippen molar-refractivity contribution in [2.45, 2.75) is 33.0 Å². The molecule has 140 valence electrons. The molecule has 0 spiro atoms. The van der Waals surface area contributed by atoms with E-state index in [1.54, 1.807) is 0 Å². The molecule has 0 aliphatic carbocycles. The van der Waals surface area contributed by atoms with E-state index in [0.717, 1.165) is 22.4 Å². The van der Waals surface area contributed by atoms with E-state index < -0.39 is 0 Å². The number of para-hydroxylation sites is 1. The van der Waals surface area contributed by atoms with Crippen LogP contribution in [0.5, 0.6) is 0 Å². The van der Waals surface area contributed by atoms with Gasteiger partial charge in [-0.15, -0.1) is 0 Å². The van der Waals surface area contributed by atoms with Crippen LogP contribution in [0, 0.1) is 0 Å². The first-order valence-electron chi connectivity index (χ1n) is 9.04. The molecule has 0 radical (unpaired) electrons. The van der Waals surface area contributed by atoms with Crippen molar-refractivity contribution in [2.24, 2.45) is 0 Å². The van der Waals surface area contributed by atoms with Gasteiger partial charge in [0.2, 0.25) is 0 Å². The fourth-order valence-electron chi connectivity index (χ4n) is 2.94. The summed E-state index contributed by atoms with van der Waals surface area (Å²) in [5.41, 5.74) is 3.12. The lowest BCUT2D eigenvalue weighted by molar-refractivity contribution is 0.192. The molecule has 1 heterocycles. The van der Waals surface area contributed by atoms with Crippen LogP contribution in [0.25, 0.3) is 0 Å². The molecule has 0 saturated carbocycles. The maximum Gasteiger partial charge on any atom is 0.322 e. The Labute approximate surface area is 168 Å². The molecule has 1 aromatic heterocycles. The minimum absolute atomic E-state index is 0.0764. The van der Waals surface area contributed by atoms with Gasteiger partial charge in [0.1, 0.15) is 0 Å². The lowest BCUT2D eigenvalue weighted by atomic mass is 10.2. The third kappa shape index (κ3) is 5.01. The van der Waals surface area contributed by atoms with Crippen molar-refractivity contribution in [3.8, 4) is 0 Å². The van der Waals surface area contributed by atoms with E-state index in [1.165, 1.54) is 5.56 Å². The third-order valence-corrected chi connectivity index (χ3v) is 5.14. The summed E-state index contributed by atoms with van der Waals surface area (Å²) in [6, 6.07) is 22.1. The Morgan fingerprint density at radius 1 is 1.04 bits per heavy atom. The molecule has 0 atom stereocenters. The predicted octanol–water partition coefficient (Wildman–Crippen LogP) is 5.74. The van der Waals surface area contributed by atoms with E-state index >= 15 is 0 Å². The summed E-state index contributed by atoms with van der Waals surface area (Å²) in [5, 5.41) is 3.00. The molecule has 0 fully saturated rings. The number of aromatic nitrogens is 1. The zero-order valence-corrected chi connectivity index (χ0v) is 17.2. The topological polar surface area (TPSA) is 37.3 Å². The molecule has 27 heavy (non-hydrogen) atoms. The lowest BCUT2D eigenvalue weighted by Crippen LogP contribution is -2.40. The van der Waals surface area contributed by atoms with E-state index in [2.05, 4.69) is 50.2 Å². The van der Waals surface area contributed by atoms with Gasteiger partial charge in [-0.2, -0.15) is 0 Å². The number of benzene rings is 2. The number of nitrogens with zero attached hydrogens (tertiary/aromatic N) is 2. The Morgan fingerprint density at radius 2 is 1.74 bits per heavy atom. The van der Waals surface area contributed by atoms with Crippen molar-refractivity contribution in [3.63, 3.8) is 0 Å². The van der Waals surface area contributed by atoms with E-state index in [-0.39, 0.29) is 12.1 Å². The Kier molecular flexibility index (Phi) is 6.35. The zero-order chi connectivity index (χ0) is 19.2. The van der Waals surface area contributed by atoms with Gasteiger partial charge in [0.25, 0.3) is 0 Å². The van der Waals surface area contributed by atoms with Crippen molar-refractivity contribution >= 4 is 27.6 Å². The Morgan fingerprint density at radius 3 is 2.44 bits per heavy atom. The molecule has 0 unspecified atom stereocenters. The van der Waals surface area contributed by atoms with Crippen LogP contribution in [0.3, 0.4) is 0 Å². The molecular formula is C22H24BrN3O. The van der Waals surface area contributed by atoms with Crippen molar-refractivity contribution in [2.75, 3.05) is 5.32 Å². The molecule has 3 aromatic rings. The van der Waals surface area contributed by atoms with Gasteiger partial charge in [0.05, 0.1) is 12.2 Å². The van der Waals surface area contributed by atoms with Crippen molar-refractivity contribution < 1.29 is 4.79 Å². The largest absolute Gasteiger partial charge is 0.345 e. The quantitative estimate of drug-likeness (QED) is 0.536. The second-order valence-electron chi connectivity index (χ2n) is 6.74. The van der Waals surface area contributed by atoms with E-state index in [1.807, 2.05) is 67.3 Å². The summed E-state index contributed by atoms with van der Waals surface area (Å²) < 4.78 is 3.06. The SMILES string of the molecule is CC(C)N(Cc1cccn1Cc1ccccc1)C(=O)Nc1ccccc1Br. The molecule has 0 aliphatic rings. The highest BCUT2D eigenvalue weighted by Crippen LogP contribution is 2.22. The van der Waals surface area contributed by atoms with Gasteiger partial charge < -0.3 is 14.8 Å². The van der Waals surface area contributed by atoms with Gasteiger partial charge in [-0.1, -0.05) is 42.5 Å². The summed E-state index contributed by atoms with van der Waals surface area (Å²) in [5.74, 6) is 0. The average molecular weight is 426 g/mol. The number of amides is 2. The minimum Gasteiger partial charge on any atom is -0.345 e. The van der Waals surface area contributed by atoms with Crippen LogP contribution < -0.4 is 5.32 Å². The van der Waals surface area contributed by atoms with Crippen molar-refractivity contribution in [3.05, 3.63) is 88.7 Å². The molecule has 0 bridgehead atoms. The molecule has 0 aliphatic heterocycles. The number of carbonyl (C=O) groups is 1. The van der Waals surface area contributed by atoms with Crippen LogP contribution in [-0.4, -0.2) is 21.5 Å². The van der Waals surface area contributed by atoms with Crippen LogP contribution in [0.2, 0.25) is 0 Å². The first kappa shape index (κ1) is 19.2. The summed E-state index contributed by atoms with van der Waals surface area (Å²) in [4.78, 5) is 14.7. The second-order valence-corrected chi connectivity index (χ2v) is 7.60. The van der Waals surface area contributed by atoms with Crippen LogP contribution in [-0.2, 0) is 13.1 Å². The molecule has 1 N–H and O–H groups in total. The van der Waals surface area contributed by atoms with Gasteiger partial charge in [-0.3, -0.25) is 0 Å². The highest BCUT2D eigenvalue weighted by atomic mass is 79.9. The summed E-state index contributed by atoms with van der Waals surface area (Å²) in [6.45, 7) is 5.41. The number of halogens is 1. The van der Waals surface area contributed by atoms with Gasteiger partial charge in [0, 0.05) is 29.0 Å². The molecule has 5 heteroatoms. The highest BCUT2D eigenvalue weighted by molar-refractivity contribution is 9.10. The lowest BCUT2D eigenvalue weighted by Gasteiger charge is -2.28. The fraction of sp³-hybridized carbons (Fsp3) is 0.227. The first-order valence-corrected chi connectivity index (χ1v) is 9.84. The zero-order valence-electron chi connectivity index (χ0n) is 15.6. The number of carbonyl (C=O) groups excluding carboxylic acids is 1. The van der Waals surface area contributed by atoms with Gasteiger partial charge in [-0.05, 0) is 59.6 Å². The molecular weight excluding hydrogens is 402 g/mol. The Bertz CT molecular complexity index is 889. The standard InChI is InChI=1S/C22H24BrN3O/c1-17(2)26(22(27)24-21-13-7-6-12-20(21)23)16-19-11-8-14-25(19)15-18-9-4-3-5-10-18/h3-14,17H,15-16H2,1-2H3,(H,24,27). The molecule has 2 amide bonds. The molecule has 4 nitrogen and oxygen atoms in total. The number of hydrogen-bond donors (Lipinski definition) is 1. The molecule has 3 rings (SSSR count). The normalized spacial score (nSPS) is 10.8. The number of anilines is 1. The van der Waals surface area contributed by atoms with Gasteiger partial charge >= 0.3 is 6.03 Å².